The van der Waals surface area contributed by atoms with E-state index in [1.807, 2.05) is 0 Å². The highest BCUT2D eigenvalue weighted by Gasteiger charge is 2.47. The van der Waals surface area contributed by atoms with Gasteiger partial charge in [0.1, 0.15) is 0 Å². The Labute approximate surface area is 99.5 Å². The van der Waals surface area contributed by atoms with Gasteiger partial charge in [0, 0.05) is 12.6 Å². The van der Waals surface area contributed by atoms with E-state index in [1.54, 1.807) is 6.42 Å². The lowest BCUT2D eigenvalue weighted by atomic mass is 9.54. The lowest BCUT2D eigenvalue weighted by molar-refractivity contribution is -0.0187. The molecule has 2 N–H and O–H groups in total. The molecule has 0 saturated heterocycles. The van der Waals surface area contributed by atoms with Crippen molar-refractivity contribution < 1.29 is 0 Å². The average molecular weight is 222 g/mol. The van der Waals surface area contributed by atoms with Crippen molar-refractivity contribution in [1.29, 1.82) is 0 Å². The van der Waals surface area contributed by atoms with Crippen molar-refractivity contribution in [2.45, 2.75) is 57.9 Å². The molecular weight excluding hydrogens is 196 g/mol. The Morgan fingerprint density at radius 1 is 0.938 bits per heavy atom. The summed E-state index contributed by atoms with van der Waals surface area (Å²) in [6, 6.07) is 0.796. The van der Waals surface area contributed by atoms with E-state index in [4.69, 9.17) is 0 Å². The van der Waals surface area contributed by atoms with E-state index in [-0.39, 0.29) is 0 Å². The van der Waals surface area contributed by atoms with Crippen molar-refractivity contribution in [1.82, 2.24) is 10.9 Å². The maximum absolute atomic E-state index is 3.65. The Morgan fingerprint density at radius 2 is 1.56 bits per heavy atom. The lowest BCUT2D eigenvalue weighted by Crippen LogP contribution is -2.57. The summed E-state index contributed by atoms with van der Waals surface area (Å²) >= 11 is 0. The Kier molecular flexibility index (Phi) is 3.21. The maximum Gasteiger partial charge on any atom is 0.0269 e. The molecule has 0 aromatic rings. The Balaban J connectivity index is 1.52. The summed E-state index contributed by atoms with van der Waals surface area (Å²) in [5.41, 5.74) is 7.11. The zero-order valence-electron chi connectivity index (χ0n) is 10.5. The molecule has 2 heteroatoms. The SMILES string of the molecule is CCCCNNC1C2CC3CC(C2)CC1C3. The standard InChI is InChI=1S/C14H26N2/c1-2-3-4-15-16-14-12-6-10-5-11(8-12)9-13(14)7-10/h10-16H,2-9H2,1H3. The molecular formula is C14H26N2. The maximum atomic E-state index is 3.65. The molecule has 4 bridgehead atoms. The fraction of sp³-hybridized carbons (Fsp3) is 1.00. The number of rotatable bonds is 5. The minimum atomic E-state index is 0.796. The predicted molar refractivity (Wildman–Crippen MR) is 66.9 cm³/mol. The molecule has 0 unspecified atom stereocenters. The summed E-state index contributed by atoms with van der Waals surface area (Å²) in [4.78, 5) is 0. The normalized spacial score (nSPS) is 45.2. The summed E-state index contributed by atoms with van der Waals surface area (Å²) in [6.45, 7) is 3.39. The van der Waals surface area contributed by atoms with Crippen LogP contribution in [0.25, 0.3) is 0 Å². The van der Waals surface area contributed by atoms with Crippen LogP contribution in [0.3, 0.4) is 0 Å². The van der Waals surface area contributed by atoms with E-state index >= 15 is 0 Å². The van der Waals surface area contributed by atoms with Crippen molar-refractivity contribution in [2.24, 2.45) is 23.7 Å². The molecule has 4 aliphatic rings. The van der Waals surface area contributed by atoms with Crippen molar-refractivity contribution in [2.75, 3.05) is 6.54 Å². The molecule has 0 aromatic heterocycles. The first-order valence-electron chi connectivity index (χ1n) is 7.35. The summed E-state index contributed by atoms with van der Waals surface area (Å²) in [7, 11) is 0. The molecule has 4 saturated carbocycles. The van der Waals surface area contributed by atoms with E-state index in [1.165, 1.54) is 38.5 Å². The Morgan fingerprint density at radius 3 is 2.12 bits per heavy atom. The molecule has 0 atom stereocenters. The molecule has 4 fully saturated rings. The molecule has 4 aliphatic carbocycles. The zero-order valence-corrected chi connectivity index (χ0v) is 10.5. The monoisotopic (exact) mass is 222 g/mol. The molecule has 4 rings (SSSR count). The van der Waals surface area contributed by atoms with E-state index in [0.717, 1.165) is 36.3 Å². The number of nitrogens with one attached hydrogen (secondary N) is 2. The number of hydrogen-bond donors (Lipinski definition) is 2. The van der Waals surface area contributed by atoms with Gasteiger partial charge in [0.15, 0.2) is 0 Å². The van der Waals surface area contributed by atoms with Crippen LogP contribution in [-0.4, -0.2) is 12.6 Å². The van der Waals surface area contributed by atoms with E-state index < -0.39 is 0 Å². The second kappa shape index (κ2) is 4.66. The summed E-state index contributed by atoms with van der Waals surface area (Å²) < 4.78 is 0. The first-order chi connectivity index (χ1) is 7.86. The molecule has 0 aliphatic heterocycles. The first-order valence-corrected chi connectivity index (χ1v) is 7.35. The van der Waals surface area contributed by atoms with Crippen LogP contribution in [0.4, 0.5) is 0 Å². The van der Waals surface area contributed by atoms with Crippen LogP contribution in [0.5, 0.6) is 0 Å². The molecule has 0 heterocycles. The van der Waals surface area contributed by atoms with Gasteiger partial charge < -0.3 is 0 Å². The summed E-state index contributed by atoms with van der Waals surface area (Å²) in [6.07, 6.45) is 10.2. The minimum absolute atomic E-state index is 0.796. The largest absolute Gasteiger partial charge is 0.258 e. The fourth-order valence-corrected chi connectivity index (χ4v) is 4.62. The third-order valence-electron chi connectivity index (χ3n) is 5.15. The van der Waals surface area contributed by atoms with Crippen LogP contribution in [0.15, 0.2) is 0 Å². The van der Waals surface area contributed by atoms with Crippen LogP contribution >= 0.6 is 0 Å². The third-order valence-corrected chi connectivity index (χ3v) is 5.15. The van der Waals surface area contributed by atoms with Crippen molar-refractivity contribution in [3.63, 3.8) is 0 Å². The van der Waals surface area contributed by atoms with Crippen molar-refractivity contribution in [3.8, 4) is 0 Å². The smallest absolute Gasteiger partial charge is 0.0269 e. The molecule has 0 radical (unpaired) electrons. The molecule has 0 amide bonds. The van der Waals surface area contributed by atoms with E-state index in [2.05, 4.69) is 17.8 Å². The van der Waals surface area contributed by atoms with Crippen LogP contribution in [0.2, 0.25) is 0 Å². The predicted octanol–water partition coefficient (Wildman–Crippen LogP) is 2.71. The van der Waals surface area contributed by atoms with Gasteiger partial charge in [0.25, 0.3) is 0 Å². The first kappa shape index (κ1) is 11.0. The highest BCUT2D eigenvalue weighted by atomic mass is 15.4. The van der Waals surface area contributed by atoms with Crippen LogP contribution in [-0.2, 0) is 0 Å². The molecule has 16 heavy (non-hydrogen) atoms. The van der Waals surface area contributed by atoms with Gasteiger partial charge in [-0.1, -0.05) is 13.3 Å². The van der Waals surface area contributed by atoms with Crippen LogP contribution in [0.1, 0.15) is 51.9 Å². The summed E-state index contributed by atoms with van der Waals surface area (Å²) in [5, 5.41) is 0. The molecule has 0 spiro atoms. The van der Waals surface area contributed by atoms with Gasteiger partial charge >= 0.3 is 0 Å². The van der Waals surface area contributed by atoms with Gasteiger partial charge in [-0.25, -0.2) is 0 Å². The van der Waals surface area contributed by atoms with Gasteiger partial charge in [0.05, 0.1) is 0 Å². The van der Waals surface area contributed by atoms with Gasteiger partial charge in [-0.05, 0) is 62.2 Å². The molecule has 0 aromatic carbocycles. The molecule has 2 nitrogen and oxygen atoms in total. The Hall–Kier alpha value is -0.0800. The van der Waals surface area contributed by atoms with Crippen LogP contribution in [0, 0.1) is 23.7 Å². The number of hydrazine groups is 1. The van der Waals surface area contributed by atoms with Gasteiger partial charge in [-0.2, -0.15) is 0 Å². The van der Waals surface area contributed by atoms with Crippen molar-refractivity contribution in [3.05, 3.63) is 0 Å². The van der Waals surface area contributed by atoms with Gasteiger partial charge in [0.2, 0.25) is 0 Å². The van der Waals surface area contributed by atoms with Crippen molar-refractivity contribution >= 4 is 0 Å². The van der Waals surface area contributed by atoms with Gasteiger partial charge in [-0.3, -0.25) is 10.9 Å². The second-order valence-electron chi connectivity index (χ2n) is 6.38. The Bertz CT molecular complexity index is 211. The second-order valence-corrected chi connectivity index (χ2v) is 6.38. The summed E-state index contributed by atoms with van der Waals surface area (Å²) in [5.74, 6) is 4.17. The third kappa shape index (κ3) is 2.02. The lowest BCUT2D eigenvalue weighted by Gasteiger charge is -2.54. The van der Waals surface area contributed by atoms with Crippen LogP contribution < -0.4 is 10.9 Å². The minimum Gasteiger partial charge on any atom is -0.258 e. The van der Waals surface area contributed by atoms with E-state index in [0.29, 0.717) is 0 Å². The highest BCUT2D eigenvalue weighted by Crippen LogP contribution is 2.53. The zero-order chi connectivity index (χ0) is 11.0. The van der Waals surface area contributed by atoms with E-state index in [9.17, 15) is 0 Å². The number of unbranched alkanes of at least 4 members (excludes halogenated alkanes) is 1. The quantitative estimate of drug-likeness (QED) is 0.552. The average Bonchev–Trinajstić information content (AvgIpc) is 2.26. The fourth-order valence-electron chi connectivity index (χ4n) is 4.62. The topological polar surface area (TPSA) is 24.1 Å². The molecule has 92 valence electrons. The number of hydrogen-bond acceptors (Lipinski definition) is 2. The highest BCUT2D eigenvalue weighted by molar-refractivity contribution is 5.00. The van der Waals surface area contributed by atoms with Gasteiger partial charge in [-0.15, -0.1) is 0 Å².